The number of hydrogen-bond acceptors (Lipinski definition) is 3. The molecule has 0 aliphatic rings. The summed E-state index contributed by atoms with van der Waals surface area (Å²) < 4.78 is 1.56. The van der Waals surface area contributed by atoms with Crippen molar-refractivity contribution >= 4 is 23.3 Å². The SMILES string of the molecule is Cc1nn(-c2cc(C(=O)O)ccc2N)c(C)c1Cl. The Morgan fingerprint density at radius 3 is 2.61 bits per heavy atom. The number of rotatable bonds is 2. The second-order valence-corrected chi connectivity index (χ2v) is 4.35. The second-order valence-electron chi connectivity index (χ2n) is 3.98. The van der Waals surface area contributed by atoms with Gasteiger partial charge < -0.3 is 10.8 Å². The molecule has 1 aromatic carbocycles. The molecule has 0 radical (unpaired) electrons. The zero-order valence-electron chi connectivity index (χ0n) is 9.94. The molecule has 3 N–H and O–H groups in total. The third-order valence-electron chi connectivity index (χ3n) is 2.71. The largest absolute Gasteiger partial charge is 0.478 e. The number of hydrogen-bond donors (Lipinski definition) is 2. The summed E-state index contributed by atoms with van der Waals surface area (Å²) in [4.78, 5) is 11.0. The maximum Gasteiger partial charge on any atom is 0.335 e. The van der Waals surface area contributed by atoms with Gasteiger partial charge in [-0.25, -0.2) is 9.48 Å². The molecule has 0 aliphatic carbocycles. The molecule has 2 rings (SSSR count). The highest BCUT2D eigenvalue weighted by Gasteiger charge is 2.14. The van der Waals surface area contributed by atoms with Crippen molar-refractivity contribution in [2.24, 2.45) is 0 Å². The van der Waals surface area contributed by atoms with Crippen LogP contribution in [0.1, 0.15) is 21.7 Å². The highest BCUT2D eigenvalue weighted by atomic mass is 35.5. The number of carboxylic acids is 1. The topological polar surface area (TPSA) is 81.1 Å². The maximum atomic E-state index is 11.0. The lowest BCUT2D eigenvalue weighted by atomic mass is 10.1. The number of aromatic nitrogens is 2. The van der Waals surface area contributed by atoms with Crippen LogP contribution in [-0.2, 0) is 0 Å². The fraction of sp³-hybridized carbons (Fsp3) is 0.167. The van der Waals surface area contributed by atoms with Crippen molar-refractivity contribution in [1.29, 1.82) is 0 Å². The van der Waals surface area contributed by atoms with Gasteiger partial charge in [-0.3, -0.25) is 0 Å². The average molecular weight is 266 g/mol. The van der Waals surface area contributed by atoms with Crippen LogP contribution in [0.3, 0.4) is 0 Å². The number of benzene rings is 1. The van der Waals surface area contributed by atoms with E-state index in [0.29, 0.717) is 22.1 Å². The maximum absolute atomic E-state index is 11.0. The van der Waals surface area contributed by atoms with E-state index in [0.717, 1.165) is 5.69 Å². The van der Waals surface area contributed by atoms with Gasteiger partial charge in [0, 0.05) is 0 Å². The Kier molecular flexibility index (Phi) is 3.00. The number of carboxylic acid groups (broad SMARTS) is 1. The van der Waals surface area contributed by atoms with Crippen LogP contribution >= 0.6 is 11.6 Å². The van der Waals surface area contributed by atoms with Crippen molar-refractivity contribution in [3.63, 3.8) is 0 Å². The van der Waals surface area contributed by atoms with E-state index in [1.165, 1.54) is 12.1 Å². The first-order valence-electron chi connectivity index (χ1n) is 5.26. The standard InChI is InChI=1S/C12H12ClN3O2/c1-6-11(13)7(2)16(15-6)10-5-8(12(17)18)3-4-9(10)14/h3-5H,14H2,1-2H3,(H,17,18). The number of nitrogens with two attached hydrogens (primary N) is 1. The zero-order chi connectivity index (χ0) is 13.4. The van der Waals surface area contributed by atoms with E-state index < -0.39 is 5.97 Å². The fourth-order valence-electron chi connectivity index (χ4n) is 1.72. The smallest absolute Gasteiger partial charge is 0.335 e. The van der Waals surface area contributed by atoms with Crippen LogP contribution in [0.15, 0.2) is 18.2 Å². The molecule has 0 unspecified atom stereocenters. The molecular formula is C12H12ClN3O2. The molecule has 0 amide bonds. The first-order chi connectivity index (χ1) is 8.41. The van der Waals surface area contributed by atoms with Crippen molar-refractivity contribution in [3.8, 4) is 5.69 Å². The summed E-state index contributed by atoms with van der Waals surface area (Å²) in [6.07, 6.45) is 0. The van der Waals surface area contributed by atoms with Crippen molar-refractivity contribution in [2.75, 3.05) is 5.73 Å². The van der Waals surface area contributed by atoms with Crippen LogP contribution in [0.4, 0.5) is 5.69 Å². The van der Waals surface area contributed by atoms with Gasteiger partial charge in [-0.05, 0) is 32.0 Å². The number of nitrogen functional groups attached to an aromatic ring is 1. The minimum absolute atomic E-state index is 0.155. The van der Waals surface area contributed by atoms with Gasteiger partial charge in [0.25, 0.3) is 0 Å². The Morgan fingerprint density at radius 2 is 2.11 bits per heavy atom. The number of aromatic carboxylic acids is 1. The van der Waals surface area contributed by atoms with Gasteiger partial charge in [-0.2, -0.15) is 5.10 Å². The number of carbonyl (C=O) groups is 1. The lowest BCUT2D eigenvalue weighted by molar-refractivity contribution is 0.0697. The Morgan fingerprint density at radius 1 is 1.44 bits per heavy atom. The second kappa shape index (κ2) is 4.34. The molecule has 2 aromatic rings. The molecule has 0 saturated carbocycles. The lowest BCUT2D eigenvalue weighted by Gasteiger charge is -2.08. The summed E-state index contributed by atoms with van der Waals surface area (Å²) in [5.74, 6) is -1.01. The molecule has 0 spiro atoms. The van der Waals surface area contributed by atoms with E-state index in [4.69, 9.17) is 22.4 Å². The van der Waals surface area contributed by atoms with Gasteiger partial charge in [-0.15, -0.1) is 0 Å². The molecular weight excluding hydrogens is 254 g/mol. The first-order valence-corrected chi connectivity index (χ1v) is 5.64. The molecule has 0 aliphatic heterocycles. The number of anilines is 1. The minimum Gasteiger partial charge on any atom is -0.478 e. The van der Waals surface area contributed by atoms with E-state index >= 15 is 0 Å². The lowest BCUT2D eigenvalue weighted by Crippen LogP contribution is -2.06. The van der Waals surface area contributed by atoms with Crippen LogP contribution in [-0.4, -0.2) is 20.9 Å². The van der Waals surface area contributed by atoms with Crippen LogP contribution in [0, 0.1) is 13.8 Å². The van der Waals surface area contributed by atoms with Gasteiger partial charge in [0.1, 0.15) is 0 Å². The Hall–Kier alpha value is -2.01. The first kappa shape index (κ1) is 12.4. The van der Waals surface area contributed by atoms with Crippen LogP contribution < -0.4 is 5.73 Å². The minimum atomic E-state index is -1.01. The van der Waals surface area contributed by atoms with E-state index in [2.05, 4.69) is 5.10 Å². The van der Waals surface area contributed by atoms with Gasteiger partial charge >= 0.3 is 5.97 Å². The summed E-state index contributed by atoms with van der Waals surface area (Å²) in [5.41, 5.74) is 8.37. The molecule has 18 heavy (non-hydrogen) atoms. The third kappa shape index (κ3) is 1.93. The molecule has 1 aromatic heterocycles. The summed E-state index contributed by atoms with van der Waals surface area (Å²) in [7, 11) is 0. The number of nitrogens with zero attached hydrogens (tertiary/aromatic N) is 2. The van der Waals surface area contributed by atoms with E-state index in [1.54, 1.807) is 24.6 Å². The highest BCUT2D eigenvalue weighted by Crippen LogP contribution is 2.26. The Bertz CT molecular complexity index is 634. The summed E-state index contributed by atoms with van der Waals surface area (Å²) in [5, 5.41) is 13.8. The monoisotopic (exact) mass is 265 g/mol. The van der Waals surface area contributed by atoms with Gasteiger partial charge in [0.2, 0.25) is 0 Å². The van der Waals surface area contributed by atoms with Gasteiger partial charge in [0.15, 0.2) is 0 Å². The van der Waals surface area contributed by atoms with Crippen molar-refractivity contribution < 1.29 is 9.90 Å². The fourth-order valence-corrected chi connectivity index (χ4v) is 1.84. The van der Waals surface area contributed by atoms with E-state index in [9.17, 15) is 4.79 Å². The number of aryl methyl sites for hydroxylation is 1. The summed E-state index contributed by atoms with van der Waals surface area (Å²) in [6.45, 7) is 3.58. The molecule has 0 fully saturated rings. The Balaban J connectivity index is 2.66. The normalized spacial score (nSPS) is 10.6. The van der Waals surface area contributed by atoms with Crippen molar-refractivity contribution in [3.05, 3.63) is 40.2 Å². The quantitative estimate of drug-likeness (QED) is 0.817. The highest BCUT2D eigenvalue weighted by molar-refractivity contribution is 6.31. The van der Waals surface area contributed by atoms with Crippen LogP contribution in [0.2, 0.25) is 5.02 Å². The van der Waals surface area contributed by atoms with Crippen molar-refractivity contribution in [2.45, 2.75) is 13.8 Å². The molecule has 0 atom stereocenters. The molecule has 94 valence electrons. The molecule has 0 saturated heterocycles. The van der Waals surface area contributed by atoms with Gasteiger partial charge in [-0.1, -0.05) is 11.6 Å². The van der Waals surface area contributed by atoms with Crippen molar-refractivity contribution in [1.82, 2.24) is 9.78 Å². The predicted molar refractivity (Wildman–Crippen MR) is 69.4 cm³/mol. The molecule has 5 nitrogen and oxygen atoms in total. The summed E-state index contributed by atoms with van der Waals surface area (Å²) in [6, 6.07) is 4.48. The van der Waals surface area contributed by atoms with Gasteiger partial charge in [0.05, 0.1) is 33.3 Å². The number of halogens is 1. The predicted octanol–water partition coefficient (Wildman–Crippen LogP) is 2.42. The molecule has 6 heteroatoms. The van der Waals surface area contributed by atoms with E-state index in [-0.39, 0.29) is 5.56 Å². The Labute approximate surface area is 109 Å². The summed E-state index contributed by atoms with van der Waals surface area (Å²) >= 11 is 6.06. The molecule has 0 bridgehead atoms. The zero-order valence-corrected chi connectivity index (χ0v) is 10.7. The molecule has 1 heterocycles. The van der Waals surface area contributed by atoms with Crippen LogP contribution in [0.25, 0.3) is 5.69 Å². The van der Waals surface area contributed by atoms with Crippen LogP contribution in [0.5, 0.6) is 0 Å². The third-order valence-corrected chi connectivity index (χ3v) is 3.26. The van der Waals surface area contributed by atoms with E-state index in [1.807, 2.05) is 0 Å². The average Bonchev–Trinajstić information content (AvgIpc) is 2.57.